The number of hydrogen-bond acceptors (Lipinski definition) is 3. The van der Waals surface area contributed by atoms with E-state index < -0.39 is 5.41 Å². The van der Waals surface area contributed by atoms with Gasteiger partial charge in [-0.2, -0.15) is 0 Å². The highest BCUT2D eigenvalue weighted by molar-refractivity contribution is 5.78. The van der Waals surface area contributed by atoms with Crippen LogP contribution in [0, 0.1) is 10.8 Å². The Hall–Kier alpha value is -1.35. The van der Waals surface area contributed by atoms with Crippen LogP contribution < -0.4 is 0 Å². The van der Waals surface area contributed by atoms with Gasteiger partial charge in [-0.1, -0.05) is 48.8 Å². The lowest BCUT2D eigenvalue weighted by Gasteiger charge is -2.45. The third-order valence-electron chi connectivity index (χ3n) is 5.79. The Balaban J connectivity index is 2.61. The molecule has 0 aromatic rings. The maximum absolute atomic E-state index is 12.5. The fourth-order valence-corrected chi connectivity index (χ4v) is 3.50. The summed E-state index contributed by atoms with van der Waals surface area (Å²) in [5.74, 6) is -0.193. The van der Waals surface area contributed by atoms with E-state index in [-0.39, 0.29) is 24.6 Å². The molecule has 1 rings (SSSR count). The van der Waals surface area contributed by atoms with Crippen LogP contribution in [0.2, 0.25) is 0 Å². The van der Waals surface area contributed by atoms with Crippen molar-refractivity contribution in [3.8, 4) is 0 Å². The summed E-state index contributed by atoms with van der Waals surface area (Å²) in [5, 5.41) is 8.89. The molecule has 0 aromatic heterocycles. The van der Waals surface area contributed by atoms with Crippen molar-refractivity contribution in [2.24, 2.45) is 10.8 Å². The van der Waals surface area contributed by atoms with Crippen LogP contribution >= 0.6 is 0 Å². The van der Waals surface area contributed by atoms with Crippen molar-refractivity contribution in [3.63, 3.8) is 0 Å². The Labute approximate surface area is 160 Å². The molecule has 26 heavy (non-hydrogen) atoms. The molecular weight excluding hydrogens is 324 g/mol. The minimum atomic E-state index is -0.526. The molecule has 0 heterocycles. The summed E-state index contributed by atoms with van der Waals surface area (Å²) in [6, 6.07) is 0. The molecule has 3 heteroatoms. The van der Waals surface area contributed by atoms with Crippen molar-refractivity contribution in [3.05, 3.63) is 34.9 Å². The van der Waals surface area contributed by atoms with Gasteiger partial charge in [-0.05, 0) is 71.6 Å². The van der Waals surface area contributed by atoms with Crippen LogP contribution in [-0.4, -0.2) is 24.3 Å². The number of ether oxygens (including phenoxy) is 1. The molecule has 0 aliphatic heterocycles. The molecule has 0 radical (unpaired) electrons. The van der Waals surface area contributed by atoms with Gasteiger partial charge in [0.25, 0.3) is 0 Å². The summed E-state index contributed by atoms with van der Waals surface area (Å²) in [6.45, 7) is 12.8. The Bertz CT molecular complexity index is 562. The monoisotopic (exact) mass is 362 g/mol. The largest absolute Gasteiger partial charge is 0.463 e. The molecule has 0 spiro atoms. The fraction of sp³-hybridized carbons (Fsp3) is 0.696. The highest BCUT2D eigenvalue weighted by Gasteiger charge is 2.49. The average molecular weight is 363 g/mol. The fourth-order valence-electron chi connectivity index (χ4n) is 3.50. The lowest BCUT2D eigenvalue weighted by Crippen LogP contribution is -2.45. The number of rotatable bonds is 9. The predicted octanol–water partition coefficient (Wildman–Crippen LogP) is 5.75. The van der Waals surface area contributed by atoms with Crippen LogP contribution in [0.1, 0.15) is 80.1 Å². The lowest BCUT2D eigenvalue weighted by molar-refractivity contribution is -0.164. The van der Waals surface area contributed by atoms with E-state index in [1.807, 2.05) is 6.92 Å². The minimum Gasteiger partial charge on any atom is -0.463 e. The number of allylic oxidation sites excluding steroid dienone is 6. The van der Waals surface area contributed by atoms with Gasteiger partial charge >= 0.3 is 5.97 Å². The number of esters is 1. The number of hydrogen-bond donors (Lipinski definition) is 1. The molecular formula is C23H38O3. The van der Waals surface area contributed by atoms with Crippen LogP contribution in [0.25, 0.3) is 0 Å². The Morgan fingerprint density at radius 1 is 1.19 bits per heavy atom. The second-order valence-corrected chi connectivity index (χ2v) is 8.73. The van der Waals surface area contributed by atoms with Crippen molar-refractivity contribution in [2.75, 3.05) is 13.2 Å². The van der Waals surface area contributed by atoms with E-state index in [1.165, 1.54) is 16.7 Å². The van der Waals surface area contributed by atoms with E-state index in [1.54, 1.807) is 0 Å². The summed E-state index contributed by atoms with van der Waals surface area (Å²) in [7, 11) is 0. The molecule has 0 unspecified atom stereocenters. The Morgan fingerprint density at radius 3 is 2.46 bits per heavy atom. The van der Waals surface area contributed by atoms with Gasteiger partial charge in [0.15, 0.2) is 0 Å². The minimum absolute atomic E-state index is 0.0812. The van der Waals surface area contributed by atoms with Crippen molar-refractivity contribution in [2.45, 2.75) is 80.1 Å². The third-order valence-corrected chi connectivity index (χ3v) is 5.79. The van der Waals surface area contributed by atoms with Gasteiger partial charge in [0, 0.05) is 0 Å². The molecule has 0 saturated heterocycles. The molecule has 1 aliphatic rings. The summed E-state index contributed by atoms with van der Waals surface area (Å²) in [4.78, 5) is 12.5. The summed E-state index contributed by atoms with van der Waals surface area (Å²) >= 11 is 0. The van der Waals surface area contributed by atoms with E-state index in [0.29, 0.717) is 6.42 Å². The van der Waals surface area contributed by atoms with E-state index in [0.717, 1.165) is 32.1 Å². The van der Waals surface area contributed by atoms with E-state index in [9.17, 15) is 4.79 Å². The highest BCUT2D eigenvalue weighted by Crippen LogP contribution is 2.51. The molecule has 1 aliphatic carbocycles. The Morgan fingerprint density at radius 2 is 1.88 bits per heavy atom. The second-order valence-electron chi connectivity index (χ2n) is 8.73. The Kier molecular flexibility index (Phi) is 8.82. The second kappa shape index (κ2) is 10.1. The molecule has 0 saturated carbocycles. The van der Waals surface area contributed by atoms with Crippen LogP contribution in [0.5, 0.6) is 0 Å². The zero-order valence-electron chi connectivity index (χ0n) is 17.7. The lowest BCUT2D eigenvalue weighted by atomic mass is 9.59. The third kappa shape index (κ3) is 6.42. The van der Waals surface area contributed by atoms with E-state index in [4.69, 9.17) is 9.84 Å². The molecule has 3 nitrogen and oxygen atoms in total. The van der Waals surface area contributed by atoms with Gasteiger partial charge in [-0.15, -0.1) is 0 Å². The number of carbonyl (C=O) groups excluding carboxylic acids is 1. The first-order chi connectivity index (χ1) is 12.1. The first kappa shape index (κ1) is 22.7. The van der Waals surface area contributed by atoms with Gasteiger partial charge in [0.1, 0.15) is 6.61 Å². The molecule has 0 bridgehead atoms. The number of aliphatic hydroxyl groups excluding tert-OH is 1. The van der Waals surface area contributed by atoms with Crippen LogP contribution in [0.4, 0.5) is 0 Å². The predicted molar refractivity (Wildman–Crippen MR) is 109 cm³/mol. The highest BCUT2D eigenvalue weighted by atomic mass is 16.5. The maximum atomic E-state index is 12.5. The van der Waals surface area contributed by atoms with Crippen LogP contribution in [-0.2, 0) is 9.53 Å². The van der Waals surface area contributed by atoms with Gasteiger partial charge in [-0.25, -0.2) is 0 Å². The molecule has 1 atom stereocenters. The van der Waals surface area contributed by atoms with Gasteiger partial charge < -0.3 is 9.84 Å². The van der Waals surface area contributed by atoms with Gasteiger partial charge in [0.05, 0.1) is 12.0 Å². The molecule has 1 N–H and O–H groups in total. The first-order valence-corrected chi connectivity index (χ1v) is 9.87. The smallest absolute Gasteiger partial charge is 0.312 e. The summed E-state index contributed by atoms with van der Waals surface area (Å²) < 4.78 is 5.24. The van der Waals surface area contributed by atoms with Crippen molar-refractivity contribution >= 4 is 5.97 Å². The van der Waals surface area contributed by atoms with Crippen molar-refractivity contribution in [1.82, 2.24) is 0 Å². The molecule has 148 valence electrons. The zero-order chi connectivity index (χ0) is 19.8. The summed E-state index contributed by atoms with van der Waals surface area (Å²) in [5.41, 5.74) is 3.60. The zero-order valence-corrected chi connectivity index (χ0v) is 17.7. The van der Waals surface area contributed by atoms with Gasteiger partial charge in [0.2, 0.25) is 0 Å². The van der Waals surface area contributed by atoms with Crippen molar-refractivity contribution in [1.29, 1.82) is 0 Å². The molecule has 0 fully saturated rings. The van der Waals surface area contributed by atoms with Crippen LogP contribution in [0.3, 0.4) is 0 Å². The van der Waals surface area contributed by atoms with Gasteiger partial charge in [-0.3, -0.25) is 4.79 Å². The standard InChI is InChI=1S/C23H38O3/c1-18(2)9-7-10-19(3)11-8-12-20-13-14-23(6,22(4,5)17-20)21(25)26-16-15-24/h9,11,13,24H,7-8,10,12,14-17H2,1-6H3/b19-11+/t23-/m0/s1. The molecule has 0 amide bonds. The topological polar surface area (TPSA) is 46.5 Å². The maximum Gasteiger partial charge on any atom is 0.312 e. The van der Waals surface area contributed by atoms with Crippen molar-refractivity contribution < 1.29 is 14.6 Å². The number of aliphatic hydroxyl groups is 1. The van der Waals surface area contributed by atoms with E-state index >= 15 is 0 Å². The quantitative estimate of drug-likeness (QED) is 0.420. The molecule has 0 aromatic carbocycles. The average Bonchev–Trinajstić information content (AvgIpc) is 2.55. The first-order valence-electron chi connectivity index (χ1n) is 9.87. The summed E-state index contributed by atoms with van der Waals surface area (Å²) in [6.07, 6.45) is 12.9. The SMILES string of the molecule is CC(C)=CCC/C(C)=C/CCC1=CC[C@@](C)(C(=O)OCCO)C(C)(C)C1. The number of carbonyl (C=O) groups is 1. The van der Waals surface area contributed by atoms with E-state index in [2.05, 4.69) is 52.8 Å². The van der Waals surface area contributed by atoms with Crippen LogP contribution in [0.15, 0.2) is 34.9 Å². The normalized spacial score (nSPS) is 22.6.